The van der Waals surface area contributed by atoms with Gasteiger partial charge in [0.2, 0.25) is 0 Å². The summed E-state index contributed by atoms with van der Waals surface area (Å²) in [5.74, 6) is 0. The minimum Gasteiger partial charge on any atom is -0.332 e. The standard InChI is InChI=1S/C6H7F2N3O/c7-5(8)3-10-6(12)11-2-1-9-4-11/h1-2,4-5H,3H2,(H,10,12). The van der Waals surface area contributed by atoms with Gasteiger partial charge in [-0.3, -0.25) is 4.57 Å². The second kappa shape index (κ2) is 3.80. The fraction of sp³-hybridized carbons (Fsp3) is 0.333. The van der Waals surface area contributed by atoms with E-state index in [0.29, 0.717) is 0 Å². The van der Waals surface area contributed by atoms with E-state index in [1.807, 2.05) is 5.32 Å². The van der Waals surface area contributed by atoms with Crippen molar-refractivity contribution in [2.75, 3.05) is 6.54 Å². The molecule has 1 amide bonds. The van der Waals surface area contributed by atoms with Gasteiger partial charge in [0.05, 0.1) is 6.54 Å². The second-order valence-electron chi connectivity index (χ2n) is 2.05. The summed E-state index contributed by atoms with van der Waals surface area (Å²) in [7, 11) is 0. The van der Waals surface area contributed by atoms with E-state index in [1.54, 1.807) is 0 Å². The van der Waals surface area contributed by atoms with Crippen molar-refractivity contribution < 1.29 is 13.6 Å². The Morgan fingerprint density at radius 1 is 1.67 bits per heavy atom. The van der Waals surface area contributed by atoms with Crippen molar-refractivity contribution in [1.82, 2.24) is 14.9 Å². The zero-order chi connectivity index (χ0) is 8.97. The molecule has 0 aliphatic heterocycles. The number of nitrogens with one attached hydrogen (secondary N) is 1. The van der Waals surface area contributed by atoms with Crippen LogP contribution < -0.4 is 5.32 Å². The van der Waals surface area contributed by atoms with Gasteiger partial charge in [-0.25, -0.2) is 18.6 Å². The average molecular weight is 175 g/mol. The van der Waals surface area contributed by atoms with Crippen LogP contribution in [0.3, 0.4) is 0 Å². The topological polar surface area (TPSA) is 46.9 Å². The number of aromatic nitrogens is 2. The largest absolute Gasteiger partial charge is 0.332 e. The summed E-state index contributed by atoms with van der Waals surface area (Å²) < 4.78 is 24.3. The molecule has 0 spiro atoms. The predicted molar refractivity (Wildman–Crippen MR) is 37.0 cm³/mol. The highest BCUT2D eigenvalue weighted by atomic mass is 19.3. The lowest BCUT2D eigenvalue weighted by Gasteiger charge is -2.02. The van der Waals surface area contributed by atoms with Crippen LogP contribution in [0.1, 0.15) is 0 Å². The number of carbonyl (C=O) groups excluding carboxylic acids is 1. The molecule has 0 atom stereocenters. The van der Waals surface area contributed by atoms with Gasteiger partial charge in [-0.2, -0.15) is 0 Å². The van der Waals surface area contributed by atoms with E-state index >= 15 is 0 Å². The van der Waals surface area contributed by atoms with Crippen molar-refractivity contribution in [3.05, 3.63) is 18.7 Å². The lowest BCUT2D eigenvalue weighted by molar-refractivity contribution is 0.146. The van der Waals surface area contributed by atoms with E-state index in [0.717, 1.165) is 4.57 Å². The van der Waals surface area contributed by atoms with E-state index in [9.17, 15) is 13.6 Å². The summed E-state index contributed by atoms with van der Waals surface area (Å²) >= 11 is 0. The SMILES string of the molecule is O=C(NCC(F)F)n1ccnc1. The molecule has 1 rings (SSSR count). The predicted octanol–water partition coefficient (Wildman–Crippen LogP) is 0.706. The maximum Gasteiger partial charge on any atom is 0.326 e. The Morgan fingerprint density at radius 2 is 2.42 bits per heavy atom. The summed E-state index contributed by atoms with van der Waals surface area (Å²) in [6.07, 6.45) is 1.47. The van der Waals surface area contributed by atoms with Gasteiger partial charge < -0.3 is 5.32 Å². The Morgan fingerprint density at radius 3 is 2.92 bits per heavy atom. The highest BCUT2D eigenvalue weighted by Gasteiger charge is 2.06. The molecule has 0 saturated heterocycles. The van der Waals surface area contributed by atoms with Crippen molar-refractivity contribution >= 4 is 6.03 Å². The quantitative estimate of drug-likeness (QED) is 0.719. The summed E-state index contributed by atoms with van der Waals surface area (Å²) in [6, 6.07) is -0.604. The lowest BCUT2D eigenvalue weighted by atomic mass is 10.6. The Kier molecular flexibility index (Phi) is 2.73. The van der Waals surface area contributed by atoms with Gasteiger partial charge in [-0.05, 0) is 0 Å². The molecule has 1 aromatic heterocycles. The average Bonchev–Trinajstić information content (AvgIpc) is 2.51. The van der Waals surface area contributed by atoms with Gasteiger partial charge in [0, 0.05) is 12.4 Å². The number of carbonyl (C=O) groups is 1. The molecule has 0 aliphatic carbocycles. The van der Waals surface area contributed by atoms with E-state index in [2.05, 4.69) is 4.98 Å². The van der Waals surface area contributed by atoms with Crippen LogP contribution in [0.25, 0.3) is 0 Å². The molecule has 66 valence electrons. The summed E-state index contributed by atoms with van der Waals surface area (Å²) in [5, 5.41) is 2.02. The number of amides is 1. The molecule has 0 fully saturated rings. The molecule has 0 radical (unpaired) electrons. The highest BCUT2D eigenvalue weighted by molar-refractivity contribution is 5.76. The fourth-order valence-electron chi connectivity index (χ4n) is 0.635. The Bertz CT molecular complexity index is 247. The van der Waals surface area contributed by atoms with Crippen molar-refractivity contribution in [3.8, 4) is 0 Å². The third-order valence-corrected chi connectivity index (χ3v) is 1.15. The lowest BCUT2D eigenvalue weighted by Crippen LogP contribution is -2.31. The van der Waals surface area contributed by atoms with Crippen LogP contribution in [-0.4, -0.2) is 28.6 Å². The summed E-state index contributed by atoms with van der Waals surface area (Å²) in [6.45, 7) is -0.642. The Hall–Kier alpha value is -1.46. The number of alkyl halides is 2. The first-order valence-corrected chi connectivity index (χ1v) is 3.24. The Balaban J connectivity index is 2.40. The van der Waals surface area contributed by atoms with Gasteiger partial charge in [0.25, 0.3) is 6.43 Å². The summed E-state index contributed by atoms with van der Waals surface area (Å²) in [5.41, 5.74) is 0. The van der Waals surface area contributed by atoms with Crippen molar-refractivity contribution in [1.29, 1.82) is 0 Å². The van der Waals surface area contributed by atoms with E-state index < -0.39 is 19.0 Å². The zero-order valence-corrected chi connectivity index (χ0v) is 6.08. The fourth-order valence-corrected chi connectivity index (χ4v) is 0.635. The Labute approximate surface area is 67.2 Å². The van der Waals surface area contributed by atoms with Crippen LogP contribution in [0, 0.1) is 0 Å². The van der Waals surface area contributed by atoms with E-state index in [-0.39, 0.29) is 0 Å². The number of rotatable bonds is 2. The first-order chi connectivity index (χ1) is 5.70. The minimum absolute atomic E-state index is 0.604. The van der Waals surface area contributed by atoms with Crippen molar-refractivity contribution in [2.45, 2.75) is 6.43 Å². The third-order valence-electron chi connectivity index (χ3n) is 1.15. The van der Waals surface area contributed by atoms with Crippen molar-refractivity contribution in [2.24, 2.45) is 0 Å². The summed E-state index contributed by atoms with van der Waals surface area (Å²) in [4.78, 5) is 14.5. The monoisotopic (exact) mass is 175 g/mol. The van der Waals surface area contributed by atoms with E-state index in [1.165, 1.54) is 18.7 Å². The number of imidazole rings is 1. The van der Waals surface area contributed by atoms with Gasteiger partial charge in [0.15, 0.2) is 0 Å². The number of halogens is 2. The first-order valence-electron chi connectivity index (χ1n) is 3.24. The molecule has 1 aromatic rings. The van der Waals surface area contributed by atoms with Crippen LogP contribution in [0.5, 0.6) is 0 Å². The molecular formula is C6H7F2N3O. The second-order valence-corrected chi connectivity index (χ2v) is 2.05. The number of hydrogen-bond donors (Lipinski definition) is 1. The van der Waals surface area contributed by atoms with Gasteiger partial charge in [-0.15, -0.1) is 0 Å². The van der Waals surface area contributed by atoms with Gasteiger partial charge in [-0.1, -0.05) is 0 Å². The molecule has 4 nitrogen and oxygen atoms in total. The molecule has 0 aliphatic rings. The maximum atomic E-state index is 11.6. The first kappa shape index (κ1) is 8.63. The van der Waals surface area contributed by atoms with Gasteiger partial charge in [0.1, 0.15) is 6.33 Å². The molecule has 6 heteroatoms. The molecule has 0 aromatic carbocycles. The maximum absolute atomic E-state index is 11.6. The molecule has 0 unspecified atom stereocenters. The van der Waals surface area contributed by atoms with E-state index in [4.69, 9.17) is 0 Å². The van der Waals surface area contributed by atoms with Crippen LogP contribution in [0.2, 0.25) is 0 Å². The molecular weight excluding hydrogens is 168 g/mol. The minimum atomic E-state index is -2.53. The smallest absolute Gasteiger partial charge is 0.326 e. The number of nitrogens with zero attached hydrogens (tertiary/aromatic N) is 2. The molecule has 12 heavy (non-hydrogen) atoms. The van der Waals surface area contributed by atoms with Crippen molar-refractivity contribution in [3.63, 3.8) is 0 Å². The molecule has 1 heterocycles. The van der Waals surface area contributed by atoms with Gasteiger partial charge >= 0.3 is 6.03 Å². The van der Waals surface area contributed by atoms with Crippen LogP contribution in [0.4, 0.5) is 13.6 Å². The molecule has 0 saturated carbocycles. The highest BCUT2D eigenvalue weighted by Crippen LogP contribution is 1.89. The van der Waals surface area contributed by atoms with Crippen LogP contribution >= 0.6 is 0 Å². The van der Waals surface area contributed by atoms with Crippen LogP contribution in [-0.2, 0) is 0 Å². The molecule has 1 N–H and O–H groups in total. The number of hydrogen-bond acceptors (Lipinski definition) is 2. The third kappa shape index (κ3) is 2.30. The normalized spacial score (nSPS) is 10.2. The zero-order valence-electron chi connectivity index (χ0n) is 6.08. The molecule has 0 bridgehead atoms. The van der Waals surface area contributed by atoms with Crippen LogP contribution in [0.15, 0.2) is 18.7 Å².